The zero-order chi connectivity index (χ0) is 18.2. The van der Waals surface area contributed by atoms with Crippen molar-refractivity contribution >= 4 is 11.8 Å². The van der Waals surface area contributed by atoms with Gasteiger partial charge in [-0.15, -0.1) is 0 Å². The maximum Gasteiger partial charge on any atom is 0.224 e. The van der Waals surface area contributed by atoms with Crippen LogP contribution in [0.25, 0.3) is 0 Å². The van der Waals surface area contributed by atoms with E-state index in [1.165, 1.54) is 6.92 Å². The third-order valence-electron chi connectivity index (χ3n) is 4.23. The van der Waals surface area contributed by atoms with Gasteiger partial charge in [0.25, 0.3) is 0 Å². The molecule has 138 valence electrons. The summed E-state index contributed by atoms with van der Waals surface area (Å²) in [7, 11) is 3.15. The van der Waals surface area contributed by atoms with Crippen molar-refractivity contribution < 1.29 is 23.8 Å². The quantitative estimate of drug-likeness (QED) is 0.741. The predicted octanol–water partition coefficient (Wildman–Crippen LogP) is 1.30. The molecule has 1 aromatic carbocycles. The number of amides is 2. The maximum atomic E-state index is 12.3. The van der Waals surface area contributed by atoms with E-state index in [4.69, 9.17) is 14.2 Å². The number of ether oxygens (including phenoxy) is 3. The fourth-order valence-electron chi connectivity index (χ4n) is 2.75. The first-order chi connectivity index (χ1) is 12.0. The van der Waals surface area contributed by atoms with Crippen molar-refractivity contribution in [2.75, 3.05) is 47.1 Å². The van der Waals surface area contributed by atoms with Gasteiger partial charge in [0, 0.05) is 39.5 Å². The lowest BCUT2D eigenvalue weighted by atomic mass is 10.1. The number of benzene rings is 1. The molecule has 2 rings (SSSR count). The summed E-state index contributed by atoms with van der Waals surface area (Å²) in [5, 5.41) is 0. The molecule has 25 heavy (non-hydrogen) atoms. The van der Waals surface area contributed by atoms with Gasteiger partial charge < -0.3 is 24.0 Å². The molecule has 0 N–H and O–H groups in total. The summed E-state index contributed by atoms with van der Waals surface area (Å²) in [6, 6.07) is 5.55. The number of hydrogen-bond donors (Lipinski definition) is 0. The van der Waals surface area contributed by atoms with E-state index in [1.54, 1.807) is 24.0 Å². The number of carbonyl (C=O) groups is 2. The SMILES string of the molecule is COc1ccc(CN(CCC(=O)N2CCOCC2)C(C)=O)cc1OC. The summed E-state index contributed by atoms with van der Waals surface area (Å²) in [6.45, 7) is 4.72. The van der Waals surface area contributed by atoms with Crippen LogP contribution in [0, 0.1) is 0 Å². The Morgan fingerprint density at radius 2 is 1.84 bits per heavy atom. The fraction of sp³-hybridized carbons (Fsp3) is 0.556. The lowest BCUT2D eigenvalue weighted by molar-refractivity contribution is -0.136. The molecular formula is C18H26N2O5. The number of carbonyl (C=O) groups excluding carboxylic acids is 2. The molecule has 7 heteroatoms. The summed E-state index contributed by atoms with van der Waals surface area (Å²) in [4.78, 5) is 27.7. The molecule has 0 bridgehead atoms. The topological polar surface area (TPSA) is 68.3 Å². The van der Waals surface area contributed by atoms with Crippen LogP contribution in [0.5, 0.6) is 11.5 Å². The van der Waals surface area contributed by atoms with E-state index in [0.717, 1.165) is 5.56 Å². The van der Waals surface area contributed by atoms with E-state index < -0.39 is 0 Å². The van der Waals surface area contributed by atoms with Gasteiger partial charge in [0.1, 0.15) is 0 Å². The van der Waals surface area contributed by atoms with Gasteiger partial charge in [0.15, 0.2) is 11.5 Å². The lowest BCUT2D eigenvalue weighted by Gasteiger charge is -2.28. The van der Waals surface area contributed by atoms with E-state index in [9.17, 15) is 9.59 Å². The van der Waals surface area contributed by atoms with Gasteiger partial charge in [-0.2, -0.15) is 0 Å². The number of hydrogen-bond acceptors (Lipinski definition) is 5. The summed E-state index contributed by atoms with van der Waals surface area (Å²) in [6.07, 6.45) is 0.312. The highest BCUT2D eigenvalue weighted by molar-refractivity contribution is 5.78. The Labute approximate surface area is 148 Å². The van der Waals surface area contributed by atoms with Gasteiger partial charge in [0.05, 0.1) is 27.4 Å². The van der Waals surface area contributed by atoms with Gasteiger partial charge >= 0.3 is 0 Å². The largest absolute Gasteiger partial charge is 0.493 e. The van der Waals surface area contributed by atoms with Crippen LogP contribution in [0.2, 0.25) is 0 Å². The van der Waals surface area contributed by atoms with Gasteiger partial charge in [-0.05, 0) is 17.7 Å². The molecule has 0 aliphatic carbocycles. The van der Waals surface area contributed by atoms with Crippen LogP contribution in [-0.4, -0.2) is 68.7 Å². The molecule has 2 amide bonds. The maximum absolute atomic E-state index is 12.3. The molecular weight excluding hydrogens is 324 g/mol. The average Bonchev–Trinajstić information content (AvgIpc) is 2.65. The average molecular weight is 350 g/mol. The molecule has 0 aromatic heterocycles. The van der Waals surface area contributed by atoms with E-state index in [2.05, 4.69) is 0 Å². The number of methoxy groups -OCH3 is 2. The minimum Gasteiger partial charge on any atom is -0.493 e. The van der Waals surface area contributed by atoms with E-state index >= 15 is 0 Å². The summed E-state index contributed by atoms with van der Waals surface area (Å²) in [5.74, 6) is 1.25. The molecule has 7 nitrogen and oxygen atoms in total. The van der Waals surface area contributed by atoms with Crippen molar-refractivity contribution in [2.24, 2.45) is 0 Å². The molecule has 1 saturated heterocycles. The highest BCUT2D eigenvalue weighted by atomic mass is 16.5. The summed E-state index contributed by atoms with van der Waals surface area (Å²) < 4.78 is 15.8. The smallest absolute Gasteiger partial charge is 0.224 e. The Morgan fingerprint density at radius 3 is 2.44 bits per heavy atom. The number of nitrogens with zero attached hydrogens (tertiary/aromatic N) is 2. The monoisotopic (exact) mass is 350 g/mol. The van der Waals surface area contributed by atoms with Gasteiger partial charge in [-0.25, -0.2) is 0 Å². The second-order valence-electron chi connectivity index (χ2n) is 5.87. The number of morpholine rings is 1. The van der Waals surface area contributed by atoms with Crippen LogP contribution in [-0.2, 0) is 20.9 Å². The zero-order valence-corrected chi connectivity index (χ0v) is 15.1. The van der Waals surface area contributed by atoms with E-state index in [1.807, 2.05) is 18.2 Å². The standard InChI is InChI=1S/C18H26N2O5/c1-14(21)20(7-6-18(22)19-8-10-25-11-9-19)13-15-4-5-16(23-2)17(12-15)24-3/h4-5,12H,6-11,13H2,1-3H3. The van der Waals surface area contributed by atoms with Crippen LogP contribution in [0.4, 0.5) is 0 Å². The van der Waals surface area contributed by atoms with Gasteiger partial charge in [-0.1, -0.05) is 6.07 Å². The highest BCUT2D eigenvalue weighted by Gasteiger charge is 2.19. The van der Waals surface area contributed by atoms with Crippen LogP contribution in [0.15, 0.2) is 18.2 Å². The van der Waals surface area contributed by atoms with E-state index in [-0.39, 0.29) is 11.8 Å². The van der Waals surface area contributed by atoms with Crippen molar-refractivity contribution in [2.45, 2.75) is 19.9 Å². The molecule has 1 aromatic rings. The van der Waals surface area contributed by atoms with Crippen LogP contribution in [0.3, 0.4) is 0 Å². The fourth-order valence-corrected chi connectivity index (χ4v) is 2.75. The first kappa shape index (κ1) is 19.1. The Bertz CT molecular complexity index is 599. The zero-order valence-electron chi connectivity index (χ0n) is 15.1. The van der Waals surface area contributed by atoms with Gasteiger partial charge in [0.2, 0.25) is 11.8 Å². The normalized spacial score (nSPS) is 14.1. The van der Waals surface area contributed by atoms with Crippen molar-refractivity contribution in [1.29, 1.82) is 0 Å². The minimum atomic E-state index is -0.0652. The summed E-state index contributed by atoms with van der Waals surface area (Å²) >= 11 is 0. The Kier molecular flexibility index (Phi) is 7.06. The molecule has 0 radical (unpaired) electrons. The molecule has 0 spiro atoms. The van der Waals surface area contributed by atoms with Crippen molar-refractivity contribution in [1.82, 2.24) is 9.80 Å². The predicted molar refractivity (Wildman–Crippen MR) is 92.7 cm³/mol. The first-order valence-corrected chi connectivity index (χ1v) is 8.37. The summed E-state index contributed by atoms with van der Waals surface area (Å²) in [5.41, 5.74) is 0.923. The van der Waals surface area contributed by atoms with E-state index in [0.29, 0.717) is 57.3 Å². The van der Waals surface area contributed by atoms with Crippen LogP contribution in [0.1, 0.15) is 18.9 Å². The molecule has 0 saturated carbocycles. The molecule has 0 unspecified atom stereocenters. The van der Waals surface area contributed by atoms with Crippen molar-refractivity contribution in [3.8, 4) is 11.5 Å². The number of rotatable bonds is 7. The van der Waals surface area contributed by atoms with Crippen molar-refractivity contribution in [3.63, 3.8) is 0 Å². The Morgan fingerprint density at radius 1 is 1.16 bits per heavy atom. The van der Waals surface area contributed by atoms with Crippen LogP contribution < -0.4 is 9.47 Å². The third-order valence-corrected chi connectivity index (χ3v) is 4.23. The van der Waals surface area contributed by atoms with Crippen LogP contribution >= 0.6 is 0 Å². The second kappa shape index (κ2) is 9.27. The first-order valence-electron chi connectivity index (χ1n) is 8.37. The Hall–Kier alpha value is -2.28. The molecule has 1 aliphatic rings. The molecule has 0 atom stereocenters. The molecule has 1 heterocycles. The molecule has 1 aliphatic heterocycles. The minimum absolute atomic E-state index is 0.0573. The third kappa shape index (κ3) is 5.35. The lowest BCUT2D eigenvalue weighted by Crippen LogP contribution is -2.42. The van der Waals surface area contributed by atoms with Crippen molar-refractivity contribution in [3.05, 3.63) is 23.8 Å². The van der Waals surface area contributed by atoms with Gasteiger partial charge in [-0.3, -0.25) is 9.59 Å². The Balaban J connectivity index is 1.96. The highest BCUT2D eigenvalue weighted by Crippen LogP contribution is 2.28. The molecule has 1 fully saturated rings. The second-order valence-corrected chi connectivity index (χ2v) is 5.87.